The standard InChI is InChI=1S/C21H33NO2S/c1-4-5-6-7-8-9-10-11-12-19(2)17-18-22-25(23,24)21-15-13-20(3)14-16-21/h10-11,13-16,22H,2,4-9,12,17-18H2,1,3H3/b11-10+. The summed E-state index contributed by atoms with van der Waals surface area (Å²) in [6.45, 7) is 8.59. The number of benzene rings is 1. The average Bonchev–Trinajstić information content (AvgIpc) is 2.57. The number of hydrogen-bond donors (Lipinski definition) is 1. The second-order valence-electron chi connectivity index (χ2n) is 6.59. The Kier molecular flexibility index (Phi) is 10.4. The molecule has 0 aliphatic rings. The Hall–Kier alpha value is -1.39. The zero-order valence-corrected chi connectivity index (χ0v) is 16.6. The van der Waals surface area contributed by atoms with E-state index >= 15 is 0 Å². The second-order valence-corrected chi connectivity index (χ2v) is 8.36. The molecule has 0 aliphatic carbocycles. The first-order valence-corrected chi connectivity index (χ1v) is 10.8. The molecule has 0 bridgehead atoms. The zero-order valence-electron chi connectivity index (χ0n) is 15.8. The first kappa shape index (κ1) is 21.7. The molecule has 0 atom stereocenters. The molecular formula is C21H33NO2S. The van der Waals surface area contributed by atoms with Gasteiger partial charge in [0.2, 0.25) is 10.0 Å². The molecule has 140 valence electrons. The quantitative estimate of drug-likeness (QED) is 0.370. The molecule has 1 aromatic rings. The number of aryl methyl sites for hydroxylation is 1. The number of allylic oxidation sites excluding steroid dienone is 2. The van der Waals surface area contributed by atoms with Gasteiger partial charge in [-0.3, -0.25) is 0 Å². The van der Waals surface area contributed by atoms with Crippen LogP contribution in [0.1, 0.15) is 63.9 Å². The molecule has 0 saturated heterocycles. The molecule has 0 amide bonds. The smallest absolute Gasteiger partial charge is 0.211 e. The fraction of sp³-hybridized carbons (Fsp3) is 0.524. The minimum atomic E-state index is -3.42. The highest BCUT2D eigenvalue weighted by atomic mass is 32.2. The third kappa shape index (κ3) is 9.61. The predicted octanol–water partition coefficient (Wildman–Crippen LogP) is 5.53. The summed E-state index contributed by atoms with van der Waals surface area (Å²) in [5, 5.41) is 0. The van der Waals surface area contributed by atoms with Gasteiger partial charge in [0.25, 0.3) is 0 Å². The Morgan fingerprint density at radius 2 is 1.76 bits per heavy atom. The van der Waals surface area contributed by atoms with E-state index in [-0.39, 0.29) is 0 Å². The lowest BCUT2D eigenvalue weighted by atomic mass is 10.1. The van der Waals surface area contributed by atoms with Crippen LogP contribution in [-0.4, -0.2) is 15.0 Å². The van der Waals surface area contributed by atoms with Gasteiger partial charge in [0.1, 0.15) is 0 Å². The van der Waals surface area contributed by atoms with E-state index in [0.717, 1.165) is 24.0 Å². The van der Waals surface area contributed by atoms with E-state index in [1.54, 1.807) is 24.3 Å². The molecule has 0 unspecified atom stereocenters. The van der Waals surface area contributed by atoms with Gasteiger partial charge in [0, 0.05) is 6.54 Å². The molecule has 1 rings (SSSR count). The van der Waals surface area contributed by atoms with Crippen molar-refractivity contribution < 1.29 is 8.42 Å². The Labute approximate surface area is 154 Å². The van der Waals surface area contributed by atoms with Crippen molar-refractivity contribution in [2.75, 3.05) is 6.54 Å². The summed E-state index contributed by atoms with van der Waals surface area (Å²) in [6.07, 6.45) is 13.5. The lowest BCUT2D eigenvalue weighted by Gasteiger charge is -2.08. The first-order chi connectivity index (χ1) is 12.0. The van der Waals surface area contributed by atoms with Crippen molar-refractivity contribution in [2.24, 2.45) is 0 Å². The molecule has 0 aliphatic heterocycles. The highest BCUT2D eigenvalue weighted by molar-refractivity contribution is 7.89. The topological polar surface area (TPSA) is 46.2 Å². The van der Waals surface area contributed by atoms with Crippen molar-refractivity contribution in [1.29, 1.82) is 0 Å². The Balaban J connectivity index is 2.20. The Morgan fingerprint density at radius 3 is 2.44 bits per heavy atom. The molecule has 0 heterocycles. The van der Waals surface area contributed by atoms with Gasteiger partial charge in [0.15, 0.2) is 0 Å². The van der Waals surface area contributed by atoms with Crippen molar-refractivity contribution in [2.45, 2.75) is 70.1 Å². The number of unbranched alkanes of at least 4 members (excludes halogenated alkanes) is 5. The van der Waals surface area contributed by atoms with Crippen LogP contribution in [0.15, 0.2) is 53.5 Å². The molecule has 0 fully saturated rings. The summed E-state index contributed by atoms with van der Waals surface area (Å²) in [5.74, 6) is 0. The SMILES string of the molecule is C=C(C/C=C/CCCCCCC)CCNS(=O)(=O)c1ccc(C)cc1. The molecule has 1 N–H and O–H groups in total. The van der Waals surface area contributed by atoms with E-state index < -0.39 is 10.0 Å². The van der Waals surface area contributed by atoms with Crippen LogP contribution in [0.3, 0.4) is 0 Å². The van der Waals surface area contributed by atoms with Crippen LogP contribution in [0.5, 0.6) is 0 Å². The predicted molar refractivity (Wildman–Crippen MR) is 107 cm³/mol. The highest BCUT2D eigenvalue weighted by Gasteiger charge is 2.12. The summed E-state index contributed by atoms with van der Waals surface area (Å²) in [7, 11) is -3.42. The normalized spacial score (nSPS) is 11.9. The van der Waals surface area contributed by atoms with Crippen LogP contribution in [0.25, 0.3) is 0 Å². The van der Waals surface area contributed by atoms with E-state index in [9.17, 15) is 8.42 Å². The van der Waals surface area contributed by atoms with Crippen molar-refractivity contribution in [3.05, 3.63) is 54.1 Å². The van der Waals surface area contributed by atoms with Crippen molar-refractivity contribution >= 4 is 10.0 Å². The summed E-state index contributed by atoms with van der Waals surface area (Å²) < 4.78 is 27.0. The van der Waals surface area contributed by atoms with Crippen LogP contribution < -0.4 is 4.72 Å². The van der Waals surface area contributed by atoms with Crippen molar-refractivity contribution in [3.8, 4) is 0 Å². The maximum atomic E-state index is 12.2. The molecule has 0 radical (unpaired) electrons. The fourth-order valence-corrected chi connectivity index (χ4v) is 3.53. The lowest BCUT2D eigenvalue weighted by molar-refractivity contribution is 0.581. The summed E-state index contributed by atoms with van der Waals surface area (Å²) >= 11 is 0. The van der Waals surface area contributed by atoms with Crippen LogP contribution in [0.2, 0.25) is 0 Å². The fourth-order valence-electron chi connectivity index (χ4n) is 2.50. The van der Waals surface area contributed by atoms with Gasteiger partial charge in [-0.2, -0.15) is 0 Å². The van der Waals surface area contributed by atoms with Crippen molar-refractivity contribution in [1.82, 2.24) is 4.72 Å². The molecule has 0 aromatic heterocycles. The van der Waals surface area contributed by atoms with Gasteiger partial charge in [-0.1, -0.05) is 74.6 Å². The third-order valence-electron chi connectivity index (χ3n) is 4.15. The summed E-state index contributed by atoms with van der Waals surface area (Å²) in [4.78, 5) is 0.312. The van der Waals surface area contributed by atoms with E-state index in [1.165, 1.54) is 32.1 Å². The highest BCUT2D eigenvalue weighted by Crippen LogP contribution is 2.11. The van der Waals surface area contributed by atoms with Crippen molar-refractivity contribution in [3.63, 3.8) is 0 Å². The maximum Gasteiger partial charge on any atom is 0.240 e. The molecule has 4 heteroatoms. The molecular weight excluding hydrogens is 330 g/mol. The van der Waals surface area contributed by atoms with Gasteiger partial charge in [-0.05, 0) is 44.7 Å². The number of sulfonamides is 1. The maximum absolute atomic E-state index is 12.2. The summed E-state index contributed by atoms with van der Waals surface area (Å²) in [6, 6.07) is 6.88. The summed E-state index contributed by atoms with van der Waals surface area (Å²) in [5.41, 5.74) is 2.10. The molecule has 25 heavy (non-hydrogen) atoms. The first-order valence-electron chi connectivity index (χ1n) is 9.33. The lowest BCUT2D eigenvalue weighted by Crippen LogP contribution is -2.25. The van der Waals surface area contributed by atoms with E-state index in [1.807, 2.05) is 6.92 Å². The van der Waals surface area contributed by atoms with E-state index in [4.69, 9.17) is 0 Å². The monoisotopic (exact) mass is 363 g/mol. The average molecular weight is 364 g/mol. The molecule has 1 aromatic carbocycles. The van der Waals surface area contributed by atoms with Crippen LogP contribution in [-0.2, 0) is 10.0 Å². The van der Waals surface area contributed by atoms with Crippen LogP contribution in [0, 0.1) is 6.92 Å². The Morgan fingerprint density at radius 1 is 1.08 bits per heavy atom. The van der Waals surface area contributed by atoms with Gasteiger partial charge in [-0.15, -0.1) is 0 Å². The van der Waals surface area contributed by atoms with Gasteiger partial charge < -0.3 is 0 Å². The zero-order chi connectivity index (χ0) is 18.5. The minimum absolute atomic E-state index is 0.312. The second kappa shape index (κ2) is 12.0. The van der Waals surface area contributed by atoms with E-state index in [2.05, 4.69) is 30.4 Å². The van der Waals surface area contributed by atoms with Gasteiger partial charge >= 0.3 is 0 Å². The van der Waals surface area contributed by atoms with Gasteiger partial charge in [0.05, 0.1) is 4.90 Å². The minimum Gasteiger partial charge on any atom is -0.211 e. The van der Waals surface area contributed by atoms with Crippen LogP contribution in [0.4, 0.5) is 0 Å². The van der Waals surface area contributed by atoms with Crippen LogP contribution >= 0.6 is 0 Å². The third-order valence-corrected chi connectivity index (χ3v) is 5.63. The number of rotatable bonds is 13. The number of hydrogen-bond acceptors (Lipinski definition) is 2. The van der Waals surface area contributed by atoms with Gasteiger partial charge in [-0.25, -0.2) is 13.1 Å². The molecule has 0 spiro atoms. The number of nitrogens with one attached hydrogen (secondary N) is 1. The largest absolute Gasteiger partial charge is 0.240 e. The Bertz CT molecular complexity index is 630. The van der Waals surface area contributed by atoms with E-state index in [0.29, 0.717) is 17.9 Å². The molecule has 0 saturated carbocycles. The molecule has 3 nitrogen and oxygen atoms in total.